The molecular formula is C17H20N4OS. The Morgan fingerprint density at radius 3 is 2.78 bits per heavy atom. The topological polar surface area (TPSA) is 61.0 Å². The summed E-state index contributed by atoms with van der Waals surface area (Å²) in [6, 6.07) is 6.13. The predicted molar refractivity (Wildman–Crippen MR) is 89.6 cm³/mol. The summed E-state index contributed by atoms with van der Waals surface area (Å²) in [6.45, 7) is 3.38. The summed E-state index contributed by atoms with van der Waals surface area (Å²) >= 11 is 1.60. The number of hydrogen-bond donors (Lipinski definition) is 2. The van der Waals surface area contributed by atoms with E-state index in [-0.39, 0.29) is 5.91 Å². The molecule has 6 heteroatoms. The lowest BCUT2D eigenvalue weighted by Gasteiger charge is -2.44. The summed E-state index contributed by atoms with van der Waals surface area (Å²) in [5.41, 5.74) is 0.706. The molecule has 2 aromatic heterocycles. The number of carbonyl (C=O) groups is 1. The van der Waals surface area contributed by atoms with Crippen LogP contribution in [0, 0.1) is 5.92 Å². The van der Waals surface area contributed by atoms with E-state index in [9.17, 15) is 4.79 Å². The van der Waals surface area contributed by atoms with E-state index in [1.165, 1.54) is 25.9 Å². The van der Waals surface area contributed by atoms with Gasteiger partial charge in [0.05, 0.1) is 10.6 Å². The molecule has 120 valence electrons. The molecule has 1 atom stereocenters. The molecule has 2 N–H and O–H groups in total. The van der Waals surface area contributed by atoms with Gasteiger partial charge in [-0.25, -0.2) is 0 Å². The Hall–Kier alpha value is -1.79. The molecule has 3 saturated heterocycles. The Labute approximate surface area is 139 Å². The molecule has 2 bridgehead atoms. The van der Waals surface area contributed by atoms with Crippen molar-refractivity contribution in [3.05, 3.63) is 42.4 Å². The summed E-state index contributed by atoms with van der Waals surface area (Å²) in [7, 11) is 0. The molecule has 5 nitrogen and oxygen atoms in total. The van der Waals surface area contributed by atoms with E-state index >= 15 is 0 Å². The Bertz CT molecular complexity index is 679. The third kappa shape index (κ3) is 3.28. The van der Waals surface area contributed by atoms with E-state index in [0.29, 0.717) is 17.5 Å². The molecule has 5 rings (SSSR count). The molecule has 5 heterocycles. The molecule has 0 saturated carbocycles. The van der Waals surface area contributed by atoms with Gasteiger partial charge in [0.15, 0.2) is 0 Å². The number of carbonyl (C=O) groups excluding carboxylic acids is 1. The molecule has 0 aliphatic carbocycles. The summed E-state index contributed by atoms with van der Waals surface area (Å²) in [4.78, 5) is 23.2. The van der Waals surface area contributed by atoms with E-state index in [1.54, 1.807) is 30.4 Å². The summed E-state index contributed by atoms with van der Waals surface area (Å²) < 4.78 is 0. The largest absolute Gasteiger partial charge is 0.355 e. The maximum absolute atomic E-state index is 12.5. The van der Waals surface area contributed by atoms with Crippen molar-refractivity contribution in [2.45, 2.75) is 28.8 Å². The van der Waals surface area contributed by atoms with Crippen molar-refractivity contribution < 1.29 is 4.79 Å². The van der Waals surface area contributed by atoms with Gasteiger partial charge in [-0.05, 0) is 50.0 Å². The Balaban J connectivity index is 1.39. The van der Waals surface area contributed by atoms with E-state index < -0.39 is 0 Å². The average molecular weight is 328 g/mol. The van der Waals surface area contributed by atoms with Gasteiger partial charge in [0.2, 0.25) is 0 Å². The Morgan fingerprint density at radius 1 is 1.30 bits per heavy atom. The minimum Gasteiger partial charge on any atom is -0.355 e. The van der Waals surface area contributed by atoms with Gasteiger partial charge in [0.1, 0.15) is 0 Å². The first-order chi connectivity index (χ1) is 11.3. The second-order valence-electron chi connectivity index (χ2n) is 6.26. The molecule has 23 heavy (non-hydrogen) atoms. The van der Waals surface area contributed by atoms with Gasteiger partial charge in [-0.15, -0.1) is 0 Å². The van der Waals surface area contributed by atoms with Crippen LogP contribution < -0.4 is 5.32 Å². The first kappa shape index (κ1) is 14.8. The van der Waals surface area contributed by atoms with Crippen molar-refractivity contribution in [3.8, 4) is 0 Å². The molecular weight excluding hydrogens is 308 g/mol. The normalized spacial score (nSPS) is 26.2. The number of aromatic nitrogens is 2. The van der Waals surface area contributed by atoms with Gasteiger partial charge in [0.25, 0.3) is 5.91 Å². The number of aromatic amines is 1. The molecule has 0 radical (unpaired) electrons. The summed E-state index contributed by atoms with van der Waals surface area (Å²) in [6.07, 6.45) is 7.75. The van der Waals surface area contributed by atoms with E-state index in [2.05, 4.69) is 20.2 Å². The minimum absolute atomic E-state index is 0.0292. The molecule has 3 aliphatic rings. The minimum atomic E-state index is 0.0292. The van der Waals surface area contributed by atoms with Crippen LogP contribution in [0.4, 0.5) is 0 Å². The zero-order valence-corrected chi connectivity index (χ0v) is 13.7. The monoisotopic (exact) mass is 328 g/mol. The number of nitrogens with zero attached hydrogens (tertiary/aromatic N) is 2. The quantitative estimate of drug-likeness (QED) is 0.905. The standard InChI is InChI=1S/C17H20N4OS/c22-17(20-15-11-21-7-3-12(15)4-8-21)13-9-16(19-10-13)23-14-1-5-18-6-2-14/h1-2,5-6,9-10,12,15,19H,3-4,7-8,11H2,(H,20,22). The smallest absolute Gasteiger partial charge is 0.253 e. The van der Waals surface area contributed by atoms with Crippen LogP contribution in [-0.2, 0) is 0 Å². The predicted octanol–water partition coefficient (Wildman–Crippen LogP) is 2.38. The van der Waals surface area contributed by atoms with Crippen LogP contribution >= 0.6 is 11.8 Å². The third-order valence-electron chi connectivity index (χ3n) is 4.77. The summed E-state index contributed by atoms with van der Waals surface area (Å²) in [5, 5.41) is 4.19. The van der Waals surface area contributed by atoms with Crippen molar-refractivity contribution in [1.29, 1.82) is 0 Å². The summed E-state index contributed by atoms with van der Waals surface area (Å²) in [5.74, 6) is 0.676. The van der Waals surface area contributed by atoms with Crippen molar-refractivity contribution in [2.24, 2.45) is 5.92 Å². The van der Waals surface area contributed by atoms with E-state index in [1.807, 2.05) is 18.2 Å². The molecule has 3 aliphatic heterocycles. The lowest BCUT2D eigenvalue weighted by molar-refractivity contribution is 0.0620. The van der Waals surface area contributed by atoms with Gasteiger partial charge in [-0.1, -0.05) is 11.8 Å². The molecule has 2 aromatic rings. The Morgan fingerprint density at radius 2 is 2.09 bits per heavy atom. The van der Waals surface area contributed by atoms with Crippen LogP contribution in [0.5, 0.6) is 0 Å². The van der Waals surface area contributed by atoms with Crippen molar-refractivity contribution in [1.82, 2.24) is 20.2 Å². The maximum Gasteiger partial charge on any atom is 0.253 e. The molecule has 1 amide bonds. The molecule has 1 unspecified atom stereocenters. The first-order valence-corrected chi connectivity index (χ1v) is 8.89. The first-order valence-electron chi connectivity index (χ1n) is 8.07. The fourth-order valence-corrected chi connectivity index (χ4v) is 4.29. The maximum atomic E-state index is 12.5. The van der Waals surface area contributed by atoms with Gasteiger partial charge >= 0.3 is 0 Å². The number of rotatable bonds is 4. The lowest BCUT2D eigenvalue weighted by Crippen LogP contribution is -2.57. The van der Waals surface area contributed by atoms with Crippen molar-refractivity contribution >= 4 is 17.7 Å². The average Bonchev–Trinajstić information content (AvgIpc) is 3.05. The van der Waals surface area contributed by atoms with Gasteiger partial charge in [0, 0.05) is 36.1 Å². The van der Waals surface area contributed by atoms with E-state index in [4.69, 9.17) is 0 Å². The van der Waals surface area contributed by atoms with Crippen molar-refractivity contribution in [3.63, 3.8) is 0 Å². The fourth-order valence-electron chi connectivity index (χ4n) is 3.48. The highest BCUT2D eigenvalue weighted by Gasteiger charge is 2.35. The number of hydrogen-bond acceptors (Lipinski definition) is 4. The van der Waals surface area contributed by atoms with Gasteiger partial charge in [-0.2, -0.15) is 0 Å². The second-order valence-corrected chi connectivity index (χ2v) is 7.37. The van der Waals surface area contributed by atoms with Crippen LogP contribution in [0.25, 0.3) is 0 Å². The number of pyridine rings is 1. The van der Waals surface area contributed by atoms with Crippen LogP contribution in [-0.4, -0.2) is 46.5 Å². The van der Waals surface area contributed by atoms with Crippen LogP contribution in [0.2, 0.25) is 0 Å². The highest BCUT2D eigenvalue weighted by atomic mass is 32.2. The molecule has 3 fully saturated rings. The number of amides is 1. The zero-order valence-electron chi connectivity index (χ0n) is 12.9. The Kier molecular flexibility index (Phi) is 4.10. The number of fused-ring (bicyclic) bond motifs is 3. The zero-order chi connectivity index (χ0) is 15.6. The van der Waals surface area contributed by atoms with Crippen LogP contribution in [0.15, 0.2) is 46.7 Å². The SMILES string of the molecule is O=C(NC1CN2CCC1CC2)c1c[nH]c(Sc2ccncc2)c1. The van der Waals surface area contributed by atoms with E-state index in [0.717, 1.165) is 16.5 Å². The number of nitrogens with one attached hydrogen (secondary N) is 2. The van der Waals surface area contributed by atoms with Gasteiger partial charge in [-0.3, -0.25) is 9.78 Å². The van der Waals surface area contributed by atoms with Crippen molar-refractivity contribution in [2.75, 3.05) is 19.6 Å². The van der Waals surface area contributed by atoms with Crippen LogP contribution in [0.1, 0.15) is 23.2 Å². The van der Waals surface area contributed by atoms with Gasteiger partial charge < -0.3 is 15.2 Å². The third-order valence-corrected chi connectivity index (χ3v) is 5.73. The fraction of sp³-hybridized carbons (Fsp3) is 0.412. The van der Waals surface area contributed by atoms with Crippen LogP contribution in [0.3, 0.4) is 0 Å². The highest BCUT2D eigenvalue weighted by Crippen LogP contribution is 2.29. The number of piperidine rings is 3. The molecule has 0 spiro atoms. The number of H-pyrrole nitrogens is 1. The highest BCUT2D eigenvalue weighted by molar-refractivity contribution is 7.99. The second kappa shape index (κ2) is 6.37. The lowest BCUT2D eigenvalue weighted by atomic mass is 9.84. The molecule has 0 aromatic carbocycles.